The molecule has 1 aliphatic carbocycles. The number of likely N-dealkylation sites (N-methyl/N-ethyl adjacent to an activating group) is 1. The standard InChI is InChI=1S/C16H23ClN2O2/c1-19(10-15(20)13-4-5-13)11-16(21)18-9-8-12-2-6-14(17)7-3-12/h2-3,6-7,13,15,20H,4-5,8-11H2,1H3,(H,18,21). The lowest BCUT2D eigenvalue weighted by Gasteiger charge is -2.19. The molecule has 1 atom stereocenters. The highest BCUT2D eigenvalue weighted by Gasteiger charge is 2.30. The second-order valence-electron chi connectivity index (χ2n) is 5.83. The molecule has 0 heterocycles. The number of rotatable bonds is 8. The molecule has 21 heavy (non-hydrogen) atoms. The van der Waals surface area contributed by atoms with Gasteiger partial charge in [0.05, 0.1) is 12.6 Å². The molecule has 0 saturated heterocycles. The number of aliphatic hydroxyl groups is 1. The predicted octanol–water partition coefficient (Wildman–Crippen LogP) is 1.70. The first kappa shape index (κ1) is 16.3. The SMILES string of the molecule is CN(CC(=O)NCCc1ccc(Cl)cc1)CC(O)C1CC1. The first-order valence-corrected chi connectivity index (χ1v) is 7.80. The van der Waals surface area contributed by atoms with Crippen LogP contribution in [0.5, 0.6) is 0 Å². The summed E-state index contributed by atoms with van der Waals surface area (Å²) in [5, 5.41) is 13.5. The molecule has 1 aromatic rings. The highest BCUT2D eigenvalue weighted by Crippen LogP contribution is 2.32. The maximum atomic E-state index is 11.8. The van der Waals surface area contributed by atoms with Crippen LogP contribution in [0.4, 0.5) is 0 Å². The van der Waals surface area contributed by atoms with Gasteiger partial charge in [0, 0.05) is 18.1 Å². The lowest BCUT2D eigenvalue weighted by atomic mass is 10.1. The minimum Gasteiger partial charge on any atom is -0.392 e. The van der Waals surface area contributed by atoms with Crippen LogP contribution < -0.4 is 5.32 Å². The van der Waals surface area contributed by atoms with E-state index in [9.17, 15) is 9.90 Å². The highest BCUT2D eigenvalue weighted by atomic mass is 35.5. The van der Waals surface area contributed by atoms with Gasteiger partial charge in [-0.1, -0.05) is 23.7 Å². The zero-order valence-electron chi connectivity index (χ0n) is 12.4. The van der Waals surface area contributed by atoms with Gasteiger partial charge in [-0.25, -0.2) is 0 Å². The van der Waals surface area contributed by atoms with Gasteiger partial charge in [0.15, 0.2) is 0 Å². The average molecular weight is 311 g/mol. The molecular formula is C16H23ClN2O2. The Bertz CT molecular complexity index is 460. The molecule has 1 aliphatic rings. The number of benzene rings is 1. The van der Waals surface area contributed by atoms with Crippen LogP contribution >= 0.6 is 11.6 Å². The van der Waals surface area contributed by atoms with E-state index in [0.29, 0.717) is 25.6 Å². The molecule has 4 nitrogen and oxygen atoms in total. The van der Waals surface area contributed by atoms with Crippen LogP contribution in [-0.4, -0.2) is 48.7 Å². The number of amides is 1. The van der Waals surface area contributed by atoms with Gasteiger partial charge in [0.2, 0.25) is 5.91 Å². The van der Waals surface area contributed by atoms with Crippen molar-refractivity contribution in [3.63, 3.8) is 0 Å². The van der Waals surface area contributed by atoms with Crippen molar-refractivity contribution in [2.24, 2.45) is 5.92 Å². The van der Waals surface area contributed by atoms with E-state index in [1.165, 1.54) is 0 Å². The molecule has 2 rings (SSSR count). The van der Waals surface area contributed by atoms with Gasteiger partial charge in [-0.15, -0.1) is 0 Å². The van der Waals surface area contributed by atoms with Crippen LogP contribution in [0.3, 0.4) is 0 Å². The number of nitrogens with zero attached hydrogens (tertiary/aromatic N) is 1. The van der Waals surface area contributed by atoms with E-state index < -0.39 is 0 Å². The molecule has 1 saturated carbocycles. The summed E-state index contributed by atoms with van der Waals surface area (Å²) < 4.78 is 0. The highest BCUT2D eigenvalue weighted by molar-refractivity contribution is 6.30. The fraction of sp³-hybridized carbons (Fsp3) is 0.562. The third-order valence-corrected chi connectivity index (χ3v) is 3.98. The summed E-state index contributed by atoms with van der Waals surface area (Å²) in [4.78, 5) is 13.7. The van der Waals surface area contributed by atoms with Crippen LogP contribution in [0.15, 0.2) is 24.3 Å². The Kier molecular flexibility index (Phi) is 6.03. The molecule has 1 fully saturated rings. The summed E-state index contributed by atoms with van der Waals surface area (Å²) >= 11 is 5.83. The Hall–Kier alpha value is -1.10. The normalized spacial score (nSPS) is 16.0. The molecule has 5 heteroatoms. The summed E-state index contributed by atoms with van der Waals surface area (Å²) in [7, 11) is 1.87. The van der Waals surface area contributed by atoms with Crippen molar-refractivity contribution < 1.29 is 9.90 Å². The van der Waals surface area contributed by atoms with Gasteiger partial charge in [0.25, 0.3) is 0 Å². The van der Waals surface area contributed by atoms with Crippen molar-refractivity contribution in [2.45, 2.75) is 25.4 Å². The Balaban J connectivity index is 1.61. The van der Waals surface area contributed by atoms with Crippen LogP contribution in [0.25, 0.3) is 0 Å². The first-order chi connectivity index (χ1) is 10.0. The second kappa shape index (κ2) is 7.78. The van der Waals surface area contributed by atoms with Gasteiger partial charge < -0.3 is 10.4 Å². The van der Waals surface area contributed by atoms with Crippen molar-refractivity contribution in [1.29, 1.82) is 0 Å². The fourth-order valence-corrected chi connectivity index (χ4v) is 2.44. The molecule has 0 aromatic heterocycles. The van der Waals surface area contributed by atoms with Crippen molar-refractivity contribution in [1.82, 2.24) is 10.2 Å². The van der Waals surface area contributed by atoms with E-state index in [1.807, 2.05) is 36.2 Å². The number of carbonyl (C=O) groups is 1. The molecule has 0 radical (unpaired) electrons. The quantitative estimate of drug-likeness (QED) is 0.768. The Morgan fingerprint density at radius 2 is 2.10 bits per heavy atom. The number of hydrogen-bond acceptors (Lipinski definition) is 3. The van der Waals surface area contributed by atoms with Crippen LogP contribution in [0, 0.1) is 5.92 Å². The number of nitrogens with one attached hydrogen (secondary N) is 1. The van der Waals surface area contributed by atoms with Gasteiger partial charge >= 0.3 is 0 Å². The predicted molar refractivity (Wildman–Crippen MR) is 84.4 cm³/mol. The molecule has 116 valence electrons. The van der Waals surface area contributed by atoms with E-state index >= 15 is 0 Å². The van der Waals surface area contributed by atoms with E-state index in [4.69, 9.17) is 11.6 Å². The van der Waals surface area contributed by atoms with Gasteiger partial charge in [0.1, 0.15) is 0 Å². The van der Waals surface area contributed by atoms with E-state index in [-0.39, 0.29) is 12.0 Å². The maximum Gasteiger partial charge on any atom is 0.234 e. The second-order valence-corrected chi connectivity index (χ2v) is 6.26. The lowest BCUT2D eigenvalue weighted by molar-refractivity contribution is -0.122. The molecule has 0 spiro atoms. The average Bonchev–Trinajstić information content (AvgIpc) is 3.25. The topological polar surface area (TPSA) is 52.6 Å². The zero-order chi connectivity index (χ0) is 15.2. The molecule has 1 unspecified atom stereocenters. The number of aliphatic hydroxyl groups excluding tert-OH is 1. The summed E-state index contributed by atoms with van der Waals surface area (Å²) in [6.07, 6.45) is 2.72. The molecule has 1 aromatic carbocycles. The Labute approximate surface area is 131 Å². The smallest absolute Gasteiger partial charge is 0.234 e. The summed E-state index contributed by atoms with van der Waals surface area (Å²) in [6.45, 7) is 1.50. The number of hydrogen-bond donors (Lipinski definition) is 2. The van der Waals surface area contributed by atoms with Crippen molar-refractivity contribution in [3.05, 3.63) is 34.9 Å². The van der Waals surface area contributed by atoms with Gasteiger partial charge in [-0.05, 0) is 49.9 Å². The zero-order valence-corrected chi connectivity index (χ0v) is 13.1. The maximum absolute atomic E-state index is 11.8. The molecular weight excluding hydrogens is 288 g/mol. The third-order valence-electron chi connectivity index (χ3n) is 3.73. The molecule has 1 amide bonds. The minimum atomic E-state index is -0.295. The van der Waals surface area contributed by atoms with Gasteiger partial charge in [-0.2, -0.15) is 0 Å². The lowest BCUT2D eigenvalue weighted by Crippen LogP contribution is -2.39. The number of halogens is 1. The third kappa shape index (κ3) is 6.04. The van der Waals surface area contributed by atoms with Crippen molar-refractivity contribution >= 4 is 17.5 Å². The first-order valence-electron chi connectivity index (χ1n) is 7.42. The Morgan fingerprint density at radius 3 is 2.71 bits per heavy atom. The van der Waals surface area contributed by atoms with E-state index in [1.54, 1.807) is 0 Å². The van der Waals surface area contributed by atoms with Crippen LogP contribution in [0.2, 0.25) is 5.02 Å². The van der Waals surface area contributed by atoms with E-state index in [2.05, 4.69) is 5.32 Å². The van der Waals surface area contributed by atoms with E-state index in [0.717, 1.165) is 29.8 Å². The van der Waals surface area contributed by atoms with Gasteiger partial charge in [-0.3, -0.25) is 9.69 Å². The Morgan fingerprint density at radius 1 is 1.43 bits per heavy atom. The summed E-state index contributed by atoms with van der Waals surface area (Å²) in [6, 6.07) is 7.64. The van der Waals surface area contributed by atoms with Crippen molar-refractivity contribution in [3.8, 4) is 0 Å². The monoisotopic (exact) mass is 310 g/mol. The largest absolute Gasteiger partial charge is 0.392 e. The number of carbonyl (C=O) groups excluding carboxylic acids is 1. The van der Waals surface area contributed by atoms with Crippen LogP contribution in [-0.2, 0) is 11.2 Å². The summed E-state index contributed by atoms with van der Waals surface area (Å²) in [5.74, 6) is 0.440. The molecule has 0 bridgehead atoms. The molecule has 0 aliphatic heterocycles. The van der Waals surface area contributed by atoms with Crippen molar-refractivity contribution in [2.75, 3.05) is 26.7 Å². The summed E-state index contributed by atoms with van der Waals surface area (Å²) in [5.41, 5.74) is 1.15. The fourth-order valence-electron chi connectivity index (χ4n) is 2.31. The van der Waals surface area contributed by atoms with Crippen LogP contribution in [0.1, 0.15) is 18.4 Å². The minimum absolute atomic E-state index is 0.00513. The molecule has 2 N–H and O–H groups in total.